The fourth-order valence-electron chi connectivity index (χ4n) is 3.38. The van der Waals surface area contributed by atoms with Gasteiger partial charge in [0.25, 0.3) is 0 Å². The van der Waals surface area contributed by atoms with E-state index < -0.39 is 34.5 Å². The van der Waals surface area contributed by atoms with Crippen LogP contribution in [-0.4, -0.2) is 88.5 Å². The number of carbonyl (C=O) groups excluding carboxylic acids is 2. The Kier molecular flexibility index (Phi) is 4.85. The zero-order valence-electron chi connectivity index (χ0n) is 15.0. The number of urea groups is 1. The molecular weight excluding hydrogens is 382 g/mol. The summed E-state index contributed by atoms with van der Waals surface area (Å²) >= 11 is 0. The molecule has 1 fully saturated rings. The SMILES string of the molecule is CCN(C(=O)n1cc2c(n1)C(CN)N1CC2N(OS(=O)(=O)O)C1=O)N(C)C. The van der Waals surface area contributed by atoms with Crippen LogP contribution in [0.4, 0.5) is 9.59 Å². The summed E-state index contributed by atoms with van der Waals surface area (Å²) in [7, 11) is -1.49. The van der Waals surface area contributed by atoms with Crippen LogP contribution in [0.25, 0.3) is 0 Å². The van der Waals surface area contributed by atoms with Gasteiger partial charge in [-0.25, -0.2) is 14.6 Å². The summed E-state index contributed by atoms with van der Waals surface area (Å²) in [6.07, 6.45) is 1.42. The van der Waals surface area contributed by atoms with Gasteiger partial charge in [0.1, 0.15) is 6.04 Å². The zero-order valence-corrected chi connectivity index (χ0v) is 15.8. The molecule has 0 spiro atoms. The first-order valence-corrected chi connectivity index (χ1v) is 9.51. The molecule has 150 valence electrons. The fourth-order valence-corrected chi connectivity index (χ4v) is 3.75. The van der Waals surface area contributed by atoms with Gasteiger partial charge in [0.05, 0.1) is 18.3 Å². The Hall–Kier alpha value is -2.26. The highest BCUT2D eigenvalue weighted by Gasteiger charge is 2.51. The Morgan fingerprint density at radius 1 is 1.48 bits per heavy atom. The molecule has 2 aliphatic heterocycles. The van der Waals surface area contributed by atoms with Crippen LogP contribution in [0.1, 0.15) is 30.3 Å². The maximum absolute atomic E-state index is 12.7. The maximum atomic E-state index is 12.7. The van der Waals surface area contributed by atoms with Gasteiger partial charge >= 0.3 is 22.5 Å². The average Bonchev–Trinajstić information content (AvgIpc) is 3.11. The van der Waals surface area contributed by atoms with Crippen molar-refractivity contribution in [1.82, 2.24) is 29.8 Å². The second-order valence-corrected chi connectivity index (χ2v) is 7.29. The minimum atomic E-state index is -4.91. The molecule has 2 aliphatic rings. The van der Waals surface area contributed by atoms with Crippen LogP contribution in [0.5, 0.6) is 0 Å². The van der Waals surface area contributed by atoms with E-state index in [0.717, 1.165) is 4.68 Å². The van der Waals surface area contributed by atoms with Crippen molar-refractivity contribution in [1.29, 1.82) is 0 Å². The quantitative estimate of drug-likeness (QED) is 0.474. The van der Waals surface area contributed by atoms with Crippen LogP contribution in [0.15, 0.2) is 6.20 Å². The summed E-state index contributed by atoms with van der Waals surface area (Å²) in [6.45, 7) is 2.32. The predicted molar refractivity (Wildman–Crippen MR) is 90.2 cm³/mol. The van der Waals surface area contributed by atoms with E-state index in [1.807, 2.05) is 0 Å². The number of hydrogen-bond donors (Lipinski definition) is 2. The monoisotopic (exact) mass is 403 g/mol. The third-order valence-electron chi connectivity index (χ3n) is 4.51. The molecule has 3 N–H and O–H groups in total. The van der Waals surface area contributed by atoms with Crippen LogP contribution in [-0.2, 0) is 14.7 Å². The molecule has 3 rings (SSSR count). The largest absolute Gasteiger partial charge is 0.418 e. The number of carbonyl (C=O) groups is 2. The molecule has 14 heteroatoms. The van der Waals surface area contributed by atoms with Crippen molar-refractivity contribution in [2.75, 3.05) is 33.7 Å². The van der Waals surface area contributed by atoms with Crippen LogP contribution in [0.3, 0.4) is 0 Å². The first kappa shape index (κ1) is 19.5. The topological polar surface area (TPSA) is 155 Å². The molecule has 1 saturated heterocycles. The van der Waals surface area contributed by atoms with Crippen LogP contribution in [0.2, 0.25) is 0 Å². The molecule has 27 heavy (non-hydrogen) atoms. The van der Waals surface area contributed by atoms with Crippen molar-refractivity contribution in [2.45, 2.75) is 19.0 Å². The molecule has 2 bridgehead atoms. The Labute approximate surface area is 155 Å². The smallest absolute Gasteiger partial charge is 0.328 e. The van der Waals surface area contributed by atoms with Crippen LogP contribution in [0, 0.1) is 0 Å². The Morgan fingerprint density at radius 2 is 2.15 bits per heavy atom. The van der Waals surface area contributed by atoms with Crippen molar-refractivity contribution in [3.63, 3.8) is 0 Å². The van der Waals surface area contributed by atoms with Crippen molar-refractivity contribution < 1.29 is 26.8 Å². The molecule has 13 nitrogen and oxygen atoms in total. The summed E-state index contributed by atoms with van der Waals surface area (Å²) in [6, 6.07) is -2.69. The first-order chi connectivity index (χ1) is 12.6. The number of hydrazine groups is 1. The normalized spacial score (nSPS) is 21.8. The highest BCUT2D eigenvalue weighted by molar-refractivity contribution is 7.80. The lowest BCUT2D eigenvalue weighted by Gasteiger charge is -2.28. The van der Waals surface area contributed by atoms with E-state index >= 15 is 0 Å². The molecule has 2 atom stereocenters. The lowest BCUT2D eigenvalue weighted by atomic mass is 9.98. The molecular formula is C13H21N7O6S. The lowest BCUT2D eigenvalue weighted by Crippen LogP contribution is -2.44. The first-order valence-electron chi connectivity index (χ1n) is 8.14. The minimum Gasteiger partial charge on any atom is -0.328 e. The highest BCUT2D eigenvalue weighted by Crippen LogP contribution is 2.43. The van der Waals surface area contributed by atoms with Gasteiger partial charge in [-0.3, -0.25) is 9.56 Å². The van der Waals surface area contributed by atoms with Crippen molar-refractivity contribution in [2.24, 2.45) is 5.73 Å². The third-order valence-corrected chi connectivity index (χ3v) is 4.86. The van der Waals surface area contributed by atoms with Gasteiger partial charge in [-0.05, 0) is 6.92 Å². The summed E-state index contributed by atoms with van der Waals surface area (Å²) in [5, 5.41) is 7.89. The molecule has 3 amide bonds. The molecule has 2 unspecified atom stereocenters. The number of amides is 3. The van der Waals surface area contributed by atoms with Gasteiger partial charge < -0.3 is 10.6 Å². The van der Waals surface area contributed by atoms with E-state index in [0.29, 0.717) is 22.9 Å². The number of rotatable bonds is 5. The van der Waals surface area contributed by atoms with Gasteiger partial charge in [0.15, 0.2) is 0 Å². The third kappa shape index (κ3) is 3.25. The standard InChI is InChI=1S/C13H21N7O6S/c1-4-19(16(2)3)13(22)18-6-8-10-7-17(9(5-14)11(8)15-18)12(21)20(10)26-27(23,24)25/h6,9-10H,4-5,7,14H2,1-3H3,(H,23,24,25). The van der Waals surface area contributed by atoms with Gasteiger partial charge in [0, 0.05) is 38.9 Å². The predicted octanol–water partition coefficient (Wildman–Crippen LogP) is -0.824. The van der Waals surface area contributed by atoms with Crippen molar-refractivity contribution in [3.05, 3.63) is 17.5 Å². The van der Waals surface area contributed by atoms with Gasteiger partial charge in [0.2, 0.25) is 0 Å². The van der Waals surface area contributed by atoms with Gasteiger partial charge in [-0.1, -0.05) is 0 Å². The summed E-state index contributed by atoms with van der Waals surface area (Å²) < 4.78 is 36.8. The lowest BCUT2D eigenvalue weighted by molar-refractivity contribution is -0.0317. The molecule has 1 aromatic rings. The van der Waals surface area contributed by atoms with E-state index in [2.05, 4.69) is 9.38 Å². The zero-order chi connectivity index (χ0) is 20.1. The Balaban J connectivity index is 2.02. The number of nitrogens with two attached hydrogens (primary N) is 1. The molecule has 0 aliphatic carbocycles. The second kappa shape index (κ2) is 6.72. The highest BCUT2D eigenvalue weighted by atomic mass is 32.3. The van der Waals surface area contributed by atoms with E-state index in [-0.39, 0.29) is 13.1 Å². The van der Waals surface area contributed by atoms with Crippen molar-refractivity contribution >= 4 is 22.5 Å². The van der Waals surface area contributed by atoms with Crippen LogP contribution < -0.4 is 5.73 Å². The molecule has 3 heterocycles. The van der Waals surface area contributed by atoms with E-state index in [9.17, 15) is 18.0 Å². The minimum absolute atomic E-state index is 0.0154. The number of fused-ring (bicyclic) bond motifs is 4. The van der Waals surface area contributed by atoms with E-state index in [1.54, 1.807) is 26.0 Å². The number of aromatic nitrogens is 2. The maximum Gasteiger partial charge on any atom is 0.418 e. The summed E-state index contributed by atoms with van der Waals surface area (Å²) in [5.41, 5.74) is 6.59. The number of hydroxylamine groups is 2. The average molecular weight is 403 g/mol. The Bertz CT molecular complexity index is 869. The van der Waals surface area contributed by atoms with Gasteiger partial charge in [-0.2, -0.15) is 23.3 Å². The Morgan fingerprint density at radius 3 is 2.67 bits per heavy atom. The van der Waals surface area contributed by atoms with E-state index in [1.165, 1.54) is 16.1 Å². The van der Waals surface area contributed by atoms with E-state index in [4.69, 9.17) is 10.3 Å². The van der Waals surface area contributed by atoms with Crippen LogP contribution >= 0.6 is 0 Å². The molecule has 0 radical (unpaired) electrons. The molecule has 0 saturated carbocycles. The fraction of sp³-hybridized carbons (Fsp3) is 0.615. The number of nitrogens with zero attached hydrogens (tertiary/aromatic N) is 6. The van der Waals surface area contributed by atoms with Crippen molar-refractivity contribution in [3.8, 4) is 0 Å². The molecule has 1 aromatic heterocycles. The molecule has 0 aromatic carbocycles. The number of hydrogen-bond acceptors (Lipinski definition) is 8. The summed E-state index contributed by atoms with van der Waals surface area (Å²) in [4.78, 5) is 26.4. The summed E-state index contributed by atoms with van der Waals surface area (Å²) in [5.74, 6) is 0. The second-order valence-electron chi connectivity index (χ2n) is 6.29. The van der Waals surface area contributed by atoms with Gasteiger partial charge in [-0.15, -0.1) is 4.28 Å².